The molecular formula is C12H20N6O2S. The van der Waals surface area contributed by atoms with E-state index in [1.54, 1.807) is 27.1 Å². The fourth-order valence-corrected chi connectivity index (χ4v) is 3.81. The molecule has 9 heteroatoms. The van der Waals surface area contributed by atoms with Gasteiger partial charge in [-0.15, -0.1) is 10.2 Å². The minimum Gasteiger partial charge on any atom is -0.314 e. The van der Waals surface area contributed by atoms with Gasteiger partial charge in [-0.3, -0.25) is 5.10 Å². The van der Waals surface area contributed by atoms with Crippen molar-refractivity contribution in [1.29, 1.82) is 0 Å². The summed E-state index contributed by atoms with van der Waals surface area (Å²) in [6.45, 7) is 9.04. The van der Waals surface area contributed by atoms with Crippen molar-refractivity contribution in [3.05, 3.63) is 23.5 Å². The first-order valence-corrected chi connectivity index (χ1v) is 8.15. The lowest BCUT2D eigenvalue weighted by Crippen LogP contribution is -2.29. The van der Waals surface area contributed by atoms with E-state index in [4.69, 9.17) is 0 Å². The van der Waals surface area contributed by atoms with Gasteiger partial charge < -0.3 is 4.57 Å². The predicted molar refractivity (Wildman–Crippen MR) is 77.2 cm³/mol. The number of nitrogens with one attached hydrogen (secondary N) is 2. The van der Waals surface area contributed by atoms with E-state index < -0.39 is 16.1 Å². The van der Waals surface area contributed by atoms with Crippen LogP contribution in [0.5, 0.6) is 0 Å². The number of H-pyrrole nitrogens is 1. The Morgan fingerprint density at radius 2 is 1.95 bits per heavy atom. The van der Waals surface area contributed by atoms with Gasteiger partial charge in [0.1, 0.15) is 11.2 Å². The molecule has 0 bridgehead atoms. The zero-order chi connectivity index (χ0) is 15.8. The molecule has 0 saturated heterocycles. The topological polar surface area (TPSA) is 106 Å². The molecule has 116 valence electrons. The molecule has 0 saturated carbocycles. The monoisotopic (exact) mass is 312 g/mol. The Balaban J connectivity index is 2.31. The van der Waals surface area contributed by atoms with Crippen molar-refractivity contribution in [2.45, 2.75) is 51.6 Å². The number of nitrogens with zero attached hydrogens (tertiary/aromatic N) is 4. The van der Waals surface area contributed by atoms with Crippen LogP contribution in [0.2, 0.25) is 0 Å². The molecule has 0 radical (unpaired) electrons. The summed E-state index contributed by atoms with van der Waals surface area (Å²) >= 11 is 0. The lowest BCUT2D eigenvalue weighted by molar-refractivity contribution is 0.514. The summed E-state index contributed by atoms with van der Waals surface area (Å²) in [5.74, 6) is 0.576. The third kappa shape index (κ3) is 2.98. The summed E-state index contributed by atoms with van der Waals surface area (Å²) in [7, 11) is -3.67. The minimum atomic E-state index is -3.67. The summed E-state index contributed by atoms with van der Waals surface area (Å²) in [5.41, 5.74) is 0.954. The predicted octanol–water partition coefficient (Wildman–Crippen LogP) is 1.24. The molecule has 2 rings (SSSR count). The molecule has 8 nitrogen and oxygen atoms in total. The maximum Gasteiger partial charge on any atom is 0.244 e. The average Bonchev–Trinajstić information content (AvgIpc) is 2.95. The van der Waals surface area contributed by atoms with Gasteiger partial charge in [0.15, 0.2) is 5.82 Å². The summed E-state index contributed by atoms with van der Waals surface area (Å²) in [5, 5.41) is 14.5. The van der Waals surface area contributed by atoms with E-state index in [2.05, 4.69) is 25.1 Å². The van der Waals surface area contributed by atoms with Gasteiger partial charge in [-0.1, -0.05) is 0 Å². The van der Waals surface area contributed by atoms with E-state index in [-0.39, 0.29) is 10.9 Å². The highest BCUT2D eigenvalue weighted by molar-refractivity contribution is 7.89. The molecule has 2 aromatic rings. The molecule has 0 aliphatic rings. The number of aromatic amines is 1. The number of aromatic nitrogens is 5. The lowest BCUT2D eigenvalue weighted by Gasteiger charge is -2.17. The third-order valence-corrected chi connectivity index (χ3v) is 5.01. The zero-order valence-electron chi connectivity index (χ0n) is 12.7. The van der Waals surface area contributed by atoms with Crippen molar-refractivity contribution < 1.29 is 8.42 Å². The van der Waals surface area contributed by atoms with Crippen molar-refractivity contribution in [2.75, 3.05) is 0 Å². The first-order valence-electron chi connectivity index (χ1n) is 6.67. The SMILES string of the molecule is Cc1n[nH]c(C)c1S(=O)(=O)NC(C)c1nncn1C(C)C. The van der Waals surface area contributed by atoms with Crippen LogP contribution in [0.15, 0.2) is 11.2 Å². The number of hydrogen-bond donors (Lipinski definition) is 2. The van der Waals surface area contributed by atoms with Gasteiger partial charge >= 0.3 is 0 Å². The van der Waals surface area contributed by atoms with Crippen LogP contribution in [0.4, 0.5) is 0 Å². The van der Waals surface area contributed by atoms with Gasteiger partial charge in [0.25, 0.3) is 0 Å². The van der Waals surface area contributed by atoms with Crippen LogP contribution in [0, 0.1) is 13.8 Å². The first-order chi connectivity index (χ1) is 9.74. The second-order valence-electron chi connectivity index (χ2n) is 5.30. The number of sulfonamides is 1. The maximum atomic E-state index is 12.5. The molecule has 0 fully saturated rings. The van der Waals surface area contributed by atoms with Crippen LogP contribution in [-0.2, 0) is 10.0 Å². The Morgan fingerprint density at radius 1 is 1.29 bits per heavy atom. The molecule has 0 aliphatic heterocycles. The summed E-state index contributed by atoms with van der Waals surface area (Å²) < 4.78 is 29.4. The molecular weight excluding hydrogens is 292 g/mol. The molecule has 0 aromatic carbocycles. The van der Waals surface area contributed by atoms with Crippen molar-refractivity contribution in [1.82, 2.24) is 29.7 Å². The van der Waals surface area contributed by atoms with E-state index in [9.17, 15) is 8.42 Å². The van der Waals surface area contributed by atoms with Crippen LogP contribution < -0.4 is 4.72 Å². The molecule has 1 unspecified atom stereocenters. The largest absolute Gasteiger partial charge is 0.314 e. The molecule has 2 N–H and O–H groups in total. The van der Waals surface area contributed by atoms with Crippen LogP contribution in [0.1, 0.15) is 50.1 Å². The Labute approximate surface area is 124 Å². The van der Waals surface area contributed by atoms with Gasteiger partial charge in [0.05, 0.1) is 17.4 Å². The van der Waals surface area contributed by atoms with Crippen LogP contribution in [0.25, 0.3) is 0 Å². The van der Waals surface area contributed by atoms with E-state index in [1.807, 2.05) is 18.4 Å². The Bertz CT molecular complexity index is 711. The zero-order valence-corrected chi connectivity index (χ0v) is 13.6. The second kappa shape index (κ2) is 5.57. The fourth-order valence-electron chi connectivity index (χ4n) is 2.24. The van der Waals surface area contributed by atoms with E-state index in [0.29, 0.717) is 17.2 Å². The average molecular weight is 312 g/mol. The molecule has 2 heterocycles. The number of aryl methyl sites for hydroxylation is 2. The van der Waals surface area contributed by atoms with Crippen LogP contribution in [0.3, 0.4) is 0 Å². The minimum absolute atomic E-state index is 0.152. The van der Waals surface area contributed by atoms with Crippen LogP contribution in [-0.4, -0.2) is 33.4 Å². The molecule has 0 amide bonds. The van der Waals surface area contributed by atoms with Crippen molar-refractivity contribution >= 4 is 10.0 Å². The highest BCUT2D eigenvalue weighted by Gasteiger charge is 2.26. The molecule has 21 heavy (non-hydrogen) atoms. The summed E-state index contributed by atoms with van der Waals surface area (Å²) in [6, 6.07) is -0.340. The Hall–Kier alpha value is -1.74. The molecule has 2 aromatic heterocycles. The van der Waals surface area contributed by atoms with Gasteiger partial charge in [0.2, 0.25) is 10.0 Å². The summed E-state index contributed by atoms with van der Waals surface area (Å²) in [4.78, 5) is 0.185. The second-order valence-corrected chi connectivity index (χ2v) is 6.95. The van der Waals surface area contributed by atoms with Crippen molar-refractivity contribution in [3.63, 3.8) is 0 Å². The summed E-state index contributed by atoms with van der Waals surface area (Å²) in [6.07, 6.45) is 1.60. The standard InChI is InChI=1S/C12H20N6O2S/c1-7(2)18-6-13-16-12(18)10(5)17-21(19,20)11-8(3)14-15-9(11)4/h6-7,10,17H,1-5H3,(H,14,15). The Morgan fingerprint density at radius 3 is 2.48 bits per heavy atom. The van der Waals surface area contributed by atoms with E-state index in [1.165, 1.54) is 0 Å². The third-order valence-electron chi connectivity index (χ3n) is 3.21. The molecule has 0 aliphatic carbocycles. The van der Waals surface area contributed by atoms with Gasteiger partial charge in [-0.2, -0.15) is 5.10 Å². The number of hydrogen-bond acceptors (Lipinski definition) is 5. The van der Waals surface area contributed by atoms with E-state index in [0.717, 1.165) is 0 Å². The fraction of sp³-hybridized carbons (Fsp3) is 0.583. The lowest BCUT2D eigenvalue weighted by atomic mass is 10.3. The Kier molecular flexibility index (Phi) is 4.15. The first kappa shape index (κ1) is 15.6. The van der Waals surface area contributed by atoms with Gasteiger partial charge in [0, 0.05) is 6.04 Å². The molecule has 1 atom stereocenters. The smallest absolute Gasteiger partial charge is 0.244 e. The highest BCUT2D eigenvalue weighted by atomic mass is 32.2. The maximum absolute atomic E-state index is 12.5. The van der Waals surface area contributed by atoms with Crippen molar-refractivity contribution in [3.8, 4) is 0 Å². The number of rotatable bonds is 5. The quantitative estimate of drug-likeness (QED) is 0.864. The normalized spacial score (nSPS) is 13.8. The van der Waals surface area contributed by atoms with Crippen molar-refractivity contribution in [2.24, 2.45) is 0 Å². The molecule has 0 spiro atoms. The van der Waals surface area contributed by atoms with E-state index >= 15 is 0 Å². The van der Waals surface area contributed by atoms with Crippen LogP contribution >= 0.6 is 0 Å². The highest BCUT2D eigenvalue weighted by Crippen LogP contribution is 2.21. The van der Waals surface area contributed by atoms with Gasteiger partial charge in [-0.25, -0.2) is 13.1 Å². The van der Waals surface area contributed by atoms with Gasteiger partial charge in [-0.05, 0) is 34.6 Å².